The van der Waals surface area contributed by atoms with Crippen molar-refractivity contribution in [3.05, 3.63) is 96.2 Å². The highest BCUT2D eigenvalue weighted by molar-refractivity contribution is 5.91. The molecule has 1 N–H and O–H groups in total. The maximum absolute atomic E-state index is 12.8. The highest BCUT2D eigenvalue weighted by Gasteiger charge is 2.28. The SMILES string of the molecule is O=C(Nc1cccc(C#Cc2cnc3cnccn23)c1)N1N=CCC1c1ccccc1. The molecule has 0 saturated carbocycles. The van der Waals surface area contributed by atoms with Gasteiger partial charge in [-0.15, -0.1) is 0 Å². The number of benzene rings is 2. The lowest BCUT2D eigenvalue weighted by Gasteiger charge is -2.22. The summed E-state index contributed by atoms with van der Waals surface area (Å²) in [6, 6.07) is 17.0. The van der Waals surface area contributed by atoms with E-state index in [1.807, 2.05) is 65.2 Å². The highest BCUT2D eigenvalue weighted by atomic mass is 16.2. The van der Waals surface area contributed by atoms with Crippen LogP contribution in [0.4, 0.5) is 10.5 Å². The average Bonchev–Trinajstić information content (AvgIpc) is 3.46. The molecule has 0 bridgehead atoms. The number of hydrazone groups is 1. The van der Waals surface area contributed by atoms with Gasteiger partial charge in [0.25, 0.3) is 0 Å². The molecule has 0 saturated heterocycles. The van der Waals surface area contributed by atoms with Crippen molar-refractivity contribution >= 4 is 23.6 Å². The van der Waals surface area contributed by atoms with Crippen LogP contribution in [0.15, 0.2) is 84.5 Å². The third kappa shape index (κ3) is 3.87. The van der Waals surface area contributed by atoms with E-state index in [0.29, 0.717) is 12.1 Å². The van der Waals surface area contributed by atoms with Crippen LogP contribution < -0.4 is 5.32 Å². The molecular formula is C24H18N6O. The lowest BCUT2D eigenvalue weighted by molar-refractivity contribution is 0.200. The van der Waals surface area contributed by atoms with Crippen LogP contribution in [0.2, 0.25) is 0 Å². The second-order valence-electron chi connectivity index (χ2n) is 7.01. The van der Waals surface area contributed by atoms with Gasteiger partial charge < -0.3 is 5.32 Å². The summed E-state index contributed by atoms with van der Waals surface area (Å²) in [4.78, 5) is 21.2. The zero-order valence-electron chi connectivity index (χ0n) is 16.5. The Balaban J connectivity index is 1.33. The Bertz CT molecular complexity index is 1330. The summed E-state index contributed by atoms with van der Waals surface area (Å²) >= 11 is 0. The zero-order chi connectivity index (χ0) is 21.0. The Morgan fingerprint density at radius 1 is 1.06 bits per heavy atom. The van der Waals surface area contributed by atoms with Gasteiger partial charge in [0, 0.05) is 36.3 Å². The van der Waals surface area contributed by atoms with Gasteiger partial charge >= 0.3 is 6.03 Å². The molecule has 7 heteroatoms. The van der Waals surface area contributed by atoms with Gasteiger partial charge in [0.05, 0.1) is 18.4 Å². The Hall–Kier alpha value is -4.44. The van der Waals surface area contributed by atoms with E-state index in [1.54, 1.807) is 24.8 Å². The van der Waals surface area contributed by atoms with E-state index in [-0.39, 0.29) is 12.1 Å². The van der Waals surface area contributed by atoms with Crippen molar-refractivity contribution in [3.63, 3.8) is 0 Å². The van der Waals surface area contributed by atoms with Crippen LogP contribution >= 0.6 is 0 Å². The standard InChI is InChI=1S/C24H18N6O/c31-24(30-22(11-12-27-30)19-6-2-1-3-7-19)28-20-8-4-5-18(15-20)9-10-21-16-26-23-17-25-13-14-29(21)23/h1-8,12-17,22H,11H2,(H,28,31). The maximum atomic E-state index is 12.8. The summed E-state index contributed by atoms with van der Waals surface area (Å²) in [5.41, 5.74) is 4.01. The fourth-order valence-electron chi connectivity index (χ4n) is 3.49. The number of aromatic nitrogens is 3. The van der Waals surface area contributed by atoms with Gasteiger partial charge in [0.2, 0.25) is 0 Å². The second kappa shape index (κ2) is 8.13. The van der Waals surface area contributed by atoms with Crippen LogP contribution in [-0.4, -0.2) is 31.6 Å². The molecular weight excluding hydrogens is 388 g/mol. The molecule has 3 heterocycles. The van der Waals surface area contributed by atoms with E-state index in [0.717, 1.165) is 22.5 Å². The number of urea groups is 1. The van der Waals surface area contributed by atoms with Gasteiger partial charge in [0.1, 0.15) is 5.69 Å². The molecule has 1 atom stereocenters. The van der Waals surface area contributed by atoms with E-state index in [4.69, 9.17) is 0 Å². The number of hydrogen-bond donors (Lipinski definition) is 1. The van der Waals surface area contributed by atoms with Crippen molar-refractivity contribution in [3.8, 4) is 11.8 Å². The third-order valence-electron chi connectivity index (χ3n) is 4.99. The van der Waals surface area contributed by atoms with E-state index < -0.39 is 0 Å². The molecule has 1 aliphatic rings. The van der Waals surface area contributed by atoms with E-state index in [2.05, 4.69) is 32.2 Å². The van der Waals surface area contributed by atoms with Crippen molar-refractivity contribution in [2.24, 2.45) is 5.10 Å². The number of nitrogens with one attached hydrogen (secondary N) is 1. The number of amides is 2. The number of imidazole rings is 1. The summed E-state index contributed by atoms with van der Waals surface area (Å²) in [6.45, 7) is 0. The Morgan fingerprint density at radius 3 is 2.87 bits per heavy atom. The van der Waals surface area contributed by atoms with Gasteiger partial charge in [-0.05, 0) is 29.7 Å². The molecule has 1 aliphatic heterocycles. The lowest BCUT2D eigenvalue weighted by atomic mass is 10.1. The molecule has 2 amide bonds. The number of carbonyl (C=O) groups excluding carboxylic acids is 1. The maximum Gasteiger partial charge on any atom is 0.342 e. The number of carbonyl (C=O) groups is 1. The molecule has 1 unspecified atom stereocenters. The third-order valence-corrected chi connectivity index (χ3v) is 4.99. The molecule has 0 fully saturated rings. The smallest absolute Gasteiger partial charge is 0.306 e. The molecule has 0 aliphatic carbocycles. The van der Waals surface area contributed by atoms with Crippen molar-refractivity contribution in [1.82, 2.24) is 19.4 Å². The van der Waals surface area contributed by atoms with Crippen molar-refractivity contribution < 1.29 is 4.79 Å². The summed E-state index contributed by atoms with van der Waals surface area (Å²) in [5.74, 6) is 6.26. The molecule has 2 aromatic carbocycles. The molecule has 5 rings (SSSR count). The van der Waals surface area contributed by atoms with Gasteiger partial charge in [-0.25, -0.2) is 14.8 Å². The normalized spacial score (nSPS) is 15.0. The first-order chi connectivity index (χ1) is 15.3. The number of anilines is 1. The predicted molar refractivity (Wildman–Crippen MR) is 119 cm³/mol. The van der Waals surface area contributed by atoms with Crippen molar-refractivity contribution in [1.29, 1.82) is 0 Å². The van der Waals surface area contributed by atoms with Crippen LogP contribution in [0.1, 0.15) is 29.3 Å². The minimum absolute atomic E-state index is 0.103. The van der Waals surface area contributed by atoms with Gasteiger partial charge in [-0.3, -0.25) is 9.38 Å². The molecule has 0 spiro atoms. The first kappa shape index (κ1) is 18.6. The van der Waals surface area contributed by atoms with Crippen LogP contribution in [0.25, 0.3) is 5.65 Å². The Kier molecular flexibility index (Phi) is 4.87. The fraction of sp³-hybridized carbons (Fsp3) is 0.0833. The van der Waals surface area contributed by atoms with Crippen molar-refractivity contribution in [2.45, 2.75) is 12.5 Å². The first-order valence-electron chi connectivity index (χ1n) is 9.85. The molecule has 0 radical (unpaired) electrons. The highest BCUT2D eigenvalue weighted by Crippen LogP contribution is 2.28. The topological polar surface area (TPSA) is 74.9 Å². The summed E-state index contributed by atoms with van der Waals surface area (Å²) in [6.07, 6.45) is 9.38. The minimum Gasteiger partial charge on any atom is -0.306 e. The predicted octanol–water partition coefficient (Wildman–Crippen LogP) is 4.09. The van der Waals surface area contributed by atoms with E-state index in [1.165, 1.54) is 5.01 Å². The summed E-state index contributed by atoms with van der Waals surface area (Å²) < 4.78 is 1.88. The Morgan fingerprint density at radius 2 is 1.97 bits per heavy atom. The van der Waals surface area contributed by atoms with Crippen LogP contribution in [0.5, 0.6) is 0 Å². The number of fused-ring (bicyclic) bond motifs is 1. The van der Waals surface area contributed by atoms with Gasteiger partial charge in [-0.2, -0.15) is 5.10 Å². The largest absolute Gasteiger partial charge is 0.342 e. The first-order valence-corrected chi connectivity index (χ1v) is 9.85. The number of rotatable bonds is 2. The fourth-order valence-corrected chi connectivity index (χ4v) is 3.49. The van der Waals surface area contributed by atoms with Crippen molar-refractivity contribution in [2.75, 3.05) is 5.32 Å². The molecule has 31 heavy (non-hydrogen) atoms. The molecule has 150 valence electrons. The molecule has 2 aromatic heterocycles. The van der Waals surface area contributed by atoms with Gasteiger partial charge in [-0.1, -0.05) is 42.3 Å². The number of nitrogens with zero attached hydrogens (tertiary/aromatic N) is 5. The monoisotopic (exact) mass is 406 g/mol. The summed E-state index contributed by atoms with van der Waals surface area (Å²) in [5, 5.41) is 8.68. The van der Waals surface area contributed by atoms with Gasteiger partial charge in [0.15, 0.2) is 5.65 Å². The average molecular weight is 406 g/mol. The lowest BCUT2D eigenvalue weighted by Crippen LogP contribution is -2.31. The number of hydrogen-bond acceptors (Lipinski definition) is 4. The molecule has 4 aromatic rings. The quantitative estimate of drug-likeness (QED) is 0.510. The van der Waals surface area contributed by atoms with Crippen LogP contribution in [-0.2, 0) is 0 Å². The van der Waals surface area contributed by atoms with E-state index >= 15 is 0 Å². The zero-order valence-corrected chi connectivity index (χ0v) is 16.5. The second-order valence-corrected chi connectivity index (χ2v) is 7.01. The van der Waals surface area contributed by atoms with Crippen LogP contribution in [0, 0.1) is 11.8 Å². The Labute approximate surface area is 179 Å². The van der Waals surface area contributed by atoms with E-state index in [9.17, 15) is 4.79 Å². The summed E-state index contributed by atoms with van der Waals surface area (Å²) in [7, 11) is 0. The molecule has 7 nitrogen and oxygen atoms in total. The van der Waals surface area contributed by atoms with Crippen LogP contribution in [0.3, 0.4) is 0 Å². The minimum atomic E-state index is -0.276.